The largest absolute Gasteiger partial charge is 0.348 e. The van der Waals surface area contributed by atoms with Gasteiger partial charge >= 0.3 is 0 Å². The molecule has 20 heavy (non-hydrogen) atoms. The molecule has 2 nitrogen and oxygen atoms in total. The van der Waals surface area contributed by atoms with Crippen LogP contribution in [-0.2, 0) is 6.54 Å². The zero-order chi connectivity index (χ0) is 14.7. The van der Waals surface area contributed by atoms with Gasteiger partial charge in [0.05, 0.1) is 0 Å². The summed E-state index contributed by atoms with van der Waals surface area (Å²) in [4.78, 5) is 12.0. The molecule has 0 spiro atoms. The Bertz CT molecular complexity index is 638. The van der Waals surface area contributed by atoms with Gasteiger partial charge < -0.3 is 5.32 Å². The van der Waals surface area contributed by atoms with E-state index in [1.165, 1.54) is 0 Å². The number of benzene rings is 2. The lowest BCUT2D eigenvalue weighted by Gasteiger charge is -2.08. The third-order valence-electron chi connectivity index (χ3n) is 2.75. The molecule has 2 aromatic rings. The van der Waals surface area contributed by atoms with Gasteiger partial charge in [-0.05, 0) is 48.9 Å². The Kier molecular flexibility index (Phi) is 4.49. The van der Waals surface area contributed by atoms with Gasteiger partial charge in [-0.1, -0.05) is 15.9 Å². The van der Waals surface area contributed by atoms with Crippen LogP contribution in [0, 0.1) is 18.6 Å². The van der Waals surface area contributed by atoms with Crippen LogP contribution in [0.5, 0.6) is 0 Å². The fourth-order valence-electron chi connectivity index (χ4n) is 1.82. The van der Waals surface area contributed by atoms with Gasteiger partial charge in [-0.3, -0.25) is 4.79 Å². The SMILES string of the molecule is Cc1cc(Br)cc(C(=O)NCc2cc(F)ccc2F)c1. The first-order chi connectivity index (χ1) is 9.45. The summed E-state index contributed by atoms with van der Waals surface area (Å²) in [6.45, 7) is 1.81. The quantitative estimate of drug-likeness (QED) is 0.900. The molecule has 0 aliphatic carbocycles. The fraction of sp³-hybridized carbons (Fsp3) is 0.133. The van der Waals surface area contributed by atoms with Crippen molar-refractivity contribution in [3.63, 3.8) is 0 Å². The molecular weight excluding hydrogens is 328 g/mol. The first-order valence-electron chi connectivity index (χ1n) is 5.95. The van der Waals surface area contributed by atoms with Gasteiger partial charge in [0.2, 0.25) is 0 Å². The summed E-state index contributed by atoms with van der Waals surface area (Å²) in [7, 11) is 0. The number of halogens is 3. The first-order valence-corrected chi connectivity index (χ1v) is 6.74. The summed E-state index contributed by atoms with van der Waals surface area (Å²) >= 11 is 3.31. The van der Waals surface area contributed by atoms with Crippen molar-refractivity contribution in [1.29, 1.82) is 0 Å². The molecule has 0 bridgehead atoms. The molecule has 0 heterocycles. The Labute approximate surface area is 123 Å². The molecule has 0 unspecified atom stereocenters. The molecule has 5 heteroatoms. The van der Waals surface area contributed by atoms with Crippen molar-refractivity contribution in [2.24, 2.45) is 0 Å². The van der Waals surface area contributed by atoms with E-state index in [2.05, 4.69) is 21.2 Å². The van der Waals surface area contributed by atoms with Gasteiger partial charge in [-0.2, -0.15) is 0 Å². The second-order valence-corrected chi connectivity index (χ2v) is 5.35. The summed E-state index contributed by atoms with van der Waals surface area (Å²) in [5.41, 5.74) is 1.51. The zero-order valence-corrected chi connectivity index (χ0v) is 12.3. The number of amides is 1. The lowest BCUT2D eigenvalue weighted by Crippen LogP contribution is -2.23. The topological polar surface area (TPSA) is 29.1 Å². The van der Waals surface area contributed by atoms with E-state index in [-0.39, 0.29) is 18.0 Å². The van der Waals surface area contributed by atoms with Gasteiger partial charge in [0.25, 0.3) is 5.91 Å². The number of nitrogens with one attached hydrogen (secondary N) is 1. The zero-order valence-electron chi connectivity index (χ0n) is 10.7. The van der Waals surface area contributed by atoms with Gasteiger partial charge in [-0.25, -0.2) is 8.78 Å². The van der Waals surface area contributed by atoms with Crippen LogP contribution in [0.3, 0.4) is 0 Å². The molecule has 104 valence electrons. The Balaban J connectivity index is 2.10. The Morgan fingerprint density at radius 1 is 1.20 bits per heavy atom. The molecule has 0 atom stereocenters. The number of carbonyl (C=O) groups excluding carboxylic acids is 1. The van der Waals surface area contributed by atoms with Crippen LogP contribution in [0.15, 0.2) is 40.9 Å². The maximum Gasteiger partial charge on any atom is 0.251 e. The van der Waals surface area contributed by atoms with E-state index in [0.29, 0.717) is 5.56 Å². The molecule has 1 N–H and O–H groups in total. The molecule has 0 fully saturated rings. The van der Waals surface area contributed by atoms with E-state index in [9.17, 15) is 13.6 Å². The normalized spacial score (nSPS) is 10.4. The number of hydrogen-bond donors (Lipinski definition) is 1. The fourth-order valence-corrected chi connectivity index (χ4v) is 2.43. The van der Waals surface area contributed by atoms with Crippen LogP contribution in [0.4, 0.5) is 8.78 Å². The van der Waals surface area contributed by atoms with E-state index in [0.717, 1.165) is 28.2 Å². The van der Waals surface area contributed by atoms with Crippen LogP contribution >= 0.6 is 15.9 Å². The third-order valence-corrected chi connectivity index (χ3v) is 3.21. The Morgan fingerprint density at radius 2 is 1.95 bits per heavy atom. The van der Waals surface area contributed by atoms with Gasteiger partial charge in [0.15, 0.2) is 0 Å². The second kappa shape index (κ2) is 6.13. The standard InChI is InChI=1S/C15H12BrF2NO/c1-9-4-10(6-12(16)5-9)15(20)19-8-11-7-13(17)2-3-14(11)18/h2-7H,8H2,1H3,(H,19,20). The molecule has 0 aromatic heterocycles. The molecular formula is C15H12BrF2NO. The van der Waals surface area contributed by atoms with Crippen molar-refractivity contribution in [3.8, 4) is 0 Å². The lowest BCUT2D eigenvalue weighted by atomic mass is 10.1. The summed E-state index contributed by atoms with van der Waals surface area (Å²) in [6.07, 6.45) is 0. The number of carbonyl (C=O) groups is 1. The summed E-state index contributed by atoms with van der Waals surface area (Å²) in [5.74, 6) is -1.41. The maximum absolute atomic E-state index is 13.4. The highest BCUT2D eigenvalue weighted by atomic mass is 79.9. The molecule has 2 rings (SSSR count). The monoisotopic (exact) mass is 339 g/mol. The van der Waals surface area contributed by atoms with E-state index in [1.807, 2.05) is 13.0 Å². The molecule has 0 saturated heterocycles. The highest BCUT2D eigenvalue weighted by Gasteiger charge is 2.09. The van der Waals surface area contributed by atoms with Crippen molar-refractivity contribution in [1.82, 2.24) is 5.32 Å². The van der Waals surface area contributed by atoms with Crippen LogP contribution in [0.1, 0.15) is 21.5 Å². The highest BCUT2D eigenvalue weighted by Crippen LogP contribution is 2.15. The predicted molar refractivity (Wildman–Crippen MR) is 76.4 cm³/mol. The predicted octanol–water partition coefficient (Wildman–Crippen LogP) is 3.97. The summed E-state index contributed by atoms with van der Waals surface area (Å²) < 4.78 is 27.2. The highest BCUT2D eigenvalue weighted by molar-refractivity contribution is 9.10. The minimum atomic E-state index is -0.544. The summed E-state index contributed by atoms with van der Waals surface area (Å²) in [6, 6.07) is 8.43. The molecule has 0 radical (unpaired) electrons. The van der Waals surface area contributed by atoms with Gasteiger partial charge in [-0.15, -0.1) is 0 Å². The second-order valence-electron chi connectivity index (χ2n) is 4.44. The molecule has 2 aromatic carbocycles. The first kappa shape index (κ1) is 14.7. The van der Waals surface area contributed by atoms with E-state index >= 15 is 0 Å². The molecule has 1 amide bonds. The number of aryl methyl sites for hydroxylation is 1. The van der Waals surface area contributed by atoms with E-state index in [1.54, 1.807) is 12.1 Å². The van der Waals surface area contributed by atoms with Crippen molar-refractivity contribution >= 4 is 21.8 Å². The van der Waals surface area contributed by atoms with Crippen molar-refractivity contribution < 1.29 is 13.6 Å². The summed E-state index contributed by atoms with van der Waals surface area (Å²) in [5, 5.41) is 2.57. The van der Waals surface area contributed by atoms with E-state index < -0.39 is 11.6 Å². The average Bonchev–Trinajstić information content (AvgIpc) is 2.38. The molecule has 0 saturated carbocycles. The number of hydrogen-bond acceptors (Lipinski definition) is 1. The Morgan fingerprint density at radius 3 is 2.65 bits per heavy atom. The average molecular weight is 340 g/mol. The number of rotatable bonds is 3. The van der Waals surface area contributed by atoms with Crippen molar-refractivity contribution in [3.05, 3.63) is 69.2 Å². The van der Waals surface area contributed by atoms with Crippen LogP contribution in [0.25, 0.3) is 0 Å². The molecule has 0 aliphatic rings. The minimum absolute atomic E-state index is 0.0615. The Hall–Kier alpha value is -1.75. The third kappa shape index (κ3) is 3.63. The minimum Gasteiger partial charge on any atom is -0.348 e. The van der Waals surface area contributed by atoms with E-state index in [4.69, 9.17) is 0 Å². The van der Waals surface area contributed by atoms with Crippen molar-refractivity contribution in [2.75, 3.05) is 0 Å². The van der Waals surface area contributed by atoms with Crippen LogP contribution in [0.2, 0.25) is 0 Å². The van der Waals surface area contributed by atoms with Gasteiger partial charge in [0.1, 0.15) is 11.6 Å². The van der Waals surface area contributed by atoms with Gasteiger partial charge in [0, 0.05) is 22.1 Å². The van der Waals surface area contributed by atoms with Crippen LogP contribution < -0.4 is 5.32 Å². The molecule has 0 aliphatic heterocycles. The maximum atomic E-state index is 13.4. The smallest absolute Gasteiger partial charge is 0.251 e. The lowest BCUT2D eigenvalue weighted by molar-refractivity contribution is 0.0950. The van der Waals surface area contributed by atoms with Crippen LogP contribution in [-0.4, -0.2) is 5.91 Å². The van der Waals surface area contributed by atoms with Crippen molar-refractivity contribution in [2.45, 2.75) is 13.5 Å².